The number of para-hydroxylation sites is 2. The fourth-order valence-corrected chi connectivity index (χ4v) is 7.91. The minimum Gasteiger partial charge on any atom is -0.495 e. The predicted molar refractivity (Wildman–Crippen MR) is 233 cm³/mol. The second-order valence-corrected chi connectivity index (χ2v) is 16.4. The Balaban J connectivity index is 1.54. The lowest BCUT2D eigenvalue weighted by molar-refractivity contribution is -0.110. The van der Waals surface area contributed by atoms with Crippen molar-refractivity contribution in [3.63, 3.8) is 0 Å². The van der Waals surface area contributed by atoms with Crippen LogP contribution in [0.2, 0.25) is 5.02 Å². The number of unbranched alkanes of at least 4 members (excludes halogenated alkanes) is 9. The third-order valence-electron chi connectivity index (χ3n) is 9.80. The summed E-state index contributed by atoms with van der Waals surface area (Å²) in [5.41, 5.74) is 2.56. The molecule has 13 heteroatoms. The third kappa shape index (κ3) is 11.2. The molecule has 0 bridgehead atoms. The molecule has 0 unspecified atom stereocenters. The van der Waals surface area contributed by atoms with E-state index in [0.29, 0.717) is 29.6 Å². The van der Waals surface area contributed by atoms with Gasteiger partial charge in [-0.15, -0.1) is 0 Å². The molecular formula is C44H53ClN6O5S. The monoisotopic (exact) mass is 812 g/mol. The van der Waals surface area contributed by atoms with E-state index >= 15 is 0 Å². The first-order valence-electron chi connectivity index (χ1n) is 19.6. The largest absolute Gasteiger partial charge is 0.495 e. The highest BCUT2D eigenvalue weighted by molar-refractivity contribution is 7.92. The summed E-state index contributed by atoms with van der Waals surface area (Å²) in [7, 11) is 1.14. The molecule has 0 aliphatic heterocycles. The predicted octanol–water partition coefficient (Wildman–Crippen LogP) is 9.91. The lowest BCUT2D eigenvalue weighted by Crippen LogP contribution is -2.34. The molecule has 11 nitrogen and oxygen atoms in total. The number of anilines is 3. The van der Waals surface area contributed by atoms with Crippen LogP contribution in [0, 0.1) is 6.92 Å². The Bertz CT molecular complexity index is 2380. The zero-order valence-electron chi connectivity index (χ0n) is 33.5. The Morgan fingerprint density at radius 1 is 0.860 bits per heavy atom. The summed E-state index contributed by atoms with van der Waals surface area (Å²) in [6.07, 6.45) is 11.3. The highest BCUT2D eigenvalue weighted by atomic mass is 35.5. The van der Waals surface area contributed by atoms with E-state index < -0.39 is 15.9 Å². The third-order valence-corrected chi connectivity index (χ3v) is 11.5. The smallest absolute Gasteiger partial charge is 0.278 e. The molecule has 0 atom stereocenters. The van der Waals surface area contributed by atoms with Crippen LogP contribution in [0.3, 0.4) is 0 Å². The number of halogens is 1. The van der Waals surface area contributed by atoms with E-state index in [9.17, 15) is 18.0 Å². The number of sulfonamides is 1. The number of carbonyl (C=O) groups is 1. The molecule has 0 saturated heterocycles. The average molecular weight is 813 g/mol. The van der Waals surface area contributed by atoms with Crippen molar-refractivity contribution in [2.75, 3.05) is 36.1 Å². The highest BCUT2D eigenvalue weighted by Gasteiger charge is 2.25. The van der Waals surface area contributed by atoms with Gasteiger partial charge in [-0.2, -0.15) is 0 Å². The number of benzene rings is 4. The number of methoxy groups -OCH3 is 1. The van der Waals surface area contributed by atoms with Gasteiger partial charge in [0.05, 0.1) is 45.0 Å². The molecule has 0 radical (unpaired) electrons. The lowest BCUT2D eigenvalue weighted by Gasteiger charge is -2.18. The van der Waals surface area contributed by atoms with E-state index in [-0.39, 0.29) is 44.1 Å². The molecule has 1 heterocycles. The van der Waals surface area contributed by atoms with Gasteiger partial charge in [0, 0.05) is 26.3 Å². The van der Waals surface area contributed by atoms with E-state index in [1.54, 1.807) is 53.1 Å². The Hall–Kier alpha value is -5.20. The summed E-state index contributed by atoms with van der Waals surface area (Å²) in [5, 5.41) is 3.51. The highest BCUT2D eigenvalue weighted by Crippen LogP contribution is 2.31. The minimum absolute atomic E-state index is 0.0706. The van der Waals surface area contributed by atoms with E-state index in [1.807, 2.05) is 44.1 Å². The second kappa shape index (κ2) is 20.3. The van der Waals surface area contributed by atoms with Crippen LogP contribution < -0.4 is 25.2 Å². The SMILES string of the molecule is CCCCCCCCCCCCn1c(/C(=N\c2ccc(N(C)C)cc2C)C(=O)Nc2cc(S(=O)(=O)Nc3ccccc3Cl)ccc2OC)nc2ccccc2c1=O. The molecule has 57 heavy (non-hydrogen) atoms. The minimum atomic E-state index is -4.15. The molecule has 0 spiro atoms. The van der Waals surface area contributed by atoms with Gasteiger partial charge in [0.15, 0.2) is 11.5 Å². The Labute approximate surface area is 341 Å². The summed E-state index contributed by atoms with van der Waals surface area (Å²) >= 11 is 6.25. The fourth-order valence-electron chi connectivity index (χ4n) is 6.56. The van der Waals surface area contributed by atoms with Crippen molar-refractivity contribution in [2.45, 2.75) is 89.5 Å². The van der Waals surface area contributed by atoms with Crippen molar-refractivity contribution in [1.82, 2.24) is 9.55 Å². The van der Waals surface area contributed by atoms with Gasteiger partial charge in [-0.3, -0.25) is 18.9 Å². The van der Waals surface area contributed by atoms with Gasteiger partial charge >= 0.3 is 0 Å². The lowest BCUT2D eigenvalue weighted by atomic mass is 10.1. The quantitative estimate of drug-likeness (QED) is 0.0590. The molecule has 0 aliphatic rings. The van der Waals surface area contributed by atoms with E-state index in [4.69, 9.17) is 26.3 Å². The number of hydrogen-bond acceptors (Lipinski definition) is 8. The average Bonchev–Trinajstić information content (AvgIpc) is 3.19. The van der Waals surface area contributed by atoms with Gasteiger partial charge in [-0.25, -0.2) is 18.4 Å². The molecule has 302 valence electrons. The standard InChI is InChI=1S/C44H53ClN6O5S/c1-6-7-8-9-10-11-12-13-14-19-28-51-42(47-37-22-17-15-20-34(37)44(51)53)41(46-36-26-24-32(50(3)4)29-31(36)2)43(52)48-39-30-33(25-27-40(39)56-5)57(54,55)49-38-23-18-16-21-35(38)45/h15-18,20-27,29-30,49H,6-14,19,28H2,1-5H3,(H,48,52)/b46-41+. The number of amides is 1. The molecule has 4 aromatic carbocycles. The van der Waals surface area contributed by atoms with Crippen molar-refractivity contribution >= 4 is 66.9 Å². The first kappa shape index (κ1) is 42.9. The van der Waals surface area contributed by atoms with Crippen molar-refractivity contribution < 1.29 is 17.9 Å². The van der Waals surface area contributed by atoms with Crippen LogP contribution in [0.25, 0.3) is 10.9 Å². The molecular weight excluding hydrogens is 760 g/mol. The number of aliphatic imine (C=N–C) groups is 1. The number of hydrogen-bond donors (Lipinski definition) is 2. The van der Waals surface area contributed by atoms with Crippen molar-refractivity contribution in [1.29, 1.82) is 0 Å². The van der Waals surface area contributed by atoms with Gasteiger partial charge in [0.25, 0.3) is 21.5 Å². The first-order chi connectivity index (χ1) is 27.4. The molecule has 2 N–H and O–H groups in total. The van der Waals surface area contributed by atoms with Crippen molar-refractivity contribution in [3.05, 3.63) is 112 Å². The van der Waals surface area contributed by atoms with Gasteiger partial charge in [0.2, 0.25) is 0 Å². The van der Waals surface area contributed by atoms with Crippen LogP contribution in [0.5, 0.6) is 5.75 Å². The number of nitrogens with one attached hydrogen (secondary N) is 2. The number of ether oxygens (including phenoxy) is 1. The summed E-state index contributed by atoms with van der Waals surface area (Å²) in [4.78, 5) is 40.5. The maximum Gasteiger partial charge on any atom is 0.278 e. The molecule has 1 amide bonds. The van der Waals surface area contributed by atoms with E-state index in [2.05, 4.69) is 17.0 Å². The van der Waals surface area contributed by atoms with E-state index in [1.165, 1.54) is 63.8 Å². The maximum atomic E-state index is 14.7. The van der Waals surface area contributed by atoms with Crippen LogP contribution in [-0.4, -0.2) is 50.8 Å². The fraction of sp³-hybridized carbons (Fsp3) is 0.364. The molecule has 1 aromatic heterocycles. The number of rotatable bonds is 20. The second-order valence-electron chi connectivity index (χ2n) is 14.3. The van der Waals surface area contributed by atoms with Gasteiger partial charge in [0.1, 0.15) is 5.75 Å². The molecule has 5 aromatic rings. The van der Waals surface area contributed by atoms with Crippen molar-refractivity contribution in [2.24, 2.45) is 4.99 Å². The molecule has 5 rings (SSSR count). The maximum absolute atomic E-state index is 14.7. The number of aromatic nitrogens is 2. The van der Waals surface area contributed by atoms with Gasteiger partial charge in [-0.05, 0) is 79.6 Å². The number of carbonyl (C=O) groups excluding carboxylic acids is 1. The Morgan fingerprint density at radius 2 is 1.53 bits per heavy atom. The summed E-state index contributed by atoms with van der Waals surface area (Å²) in [5.74, 6) is -0.400. The van der Waals surface area contributed by atoms with E-state index in [0.717, 1.165) is 30.5 Å². The number of nitrogens with zero attached hydrogens (tertiary/aromatic N) is 4. The summed E-state index contributed by atoms with van der Waals surface area (Å²) in [6, 6.07) is 23.3. The number of fused-ring (bicyclic) bond motifs is 1. The topological polar surface area (TPSA) is 135 Å². The van der Waals surface area contributed by atoms with Crippen LogP contribution in [0.1, 0.15) is 82.5 Å². The first-order valence-corrected chi connectivity index (χ1v) is 21.4. The normalized spacial score (nSPS) is 11.8. The van der Waals surface area contributed by atoms with Gasteiger partial charge < -0.3 is 15.0 Å². The zero-order valence-corrected chi connectivity index (χ0v) is 35.0. The van der Waals surface area contributed by atoms with Crippen LogP contribution in [-0.2, 0) is 21.4 Å². The Kier molecular flexibility index (Phi) is 15.3. The zero-order chi connectivity index (χ0) is 41.0. The molecule has 0 fully saturated rings. The van der Waals surface area contributed by atoms with Gasteiger partial charge in [-0.1, -0.05) is 101 Å². The Morgan fingerprint density at radius 3 is 2.19 bits per heavy atom. The molecule has 0 aliphatic carbocycles. The van der Waals surface area contributed by atoms with Crippen LogP contribution in [0.4, 0.5) is 22.7 Å². The summed E-state index contributed by atoms with van der Waals surface area (Å²) < 4.78 is 36.7. The van der Waals surface area contributed by atoms with Crippen LogP contribution >= 0.6 is 11.6 Å². The molecule has 0 saturated carbocycles. The number of aryl methyl sites for hydroxylation is 1. The van der Waals surface area contributed by atoms with Crippen molar-refractivity contribution in [3.8, 4) is 5.75 Å². The van der Waals surface area contributed by atoms with Crippen LogP contribution in [0.15, 0.2) is 99.6 Å². The summed E-state index contributed by atoms with van der Waals surface area (Å²) in [6.45, 7) is 4.45.